The fourth-order valence-electron chi connectivity index (χ4n) is 5.14. The van der Waals surface area contributed by atoms with Crippen LogP contribution in [0.4, 0.5) is 5.69 Å². The number of nitrogens with zero attached hydrogens (tertiary/aromatic N) is 5. The average Bonchev–Trinajstić information content (AvgIpc) is 3.64. The molecular formula is C29H31N7O3. The summed E-state index contributed by atoms with van der Waals surface area (Å²) in [5, 5.41) is 22.1. The molecule has 0 spiro atoms. The number of hydrogen-bond donors (Lipinski definition) is 3. The molecule has 1 aromatic carbocycles. The lowest BCUT2D eigenvalue weighted by Gasteiger charge is -2.15. The van der Waals surface area contributed by atoms with Crippen LogP contribution in [0, 0.1) is 6.92 Å². The van der Waals surface area contributed by atoms with E-state index in [4.69, 9.17) is 9.84 Å². The van der Waals surface area contributed by atoms with Crippen LogP contribution in [-0.2, 0) is 13.0 Å². The highest BCUT2D eigenvalue weighted by atomic mass is 16.5. The van der Waals surface area contributed by atoms with Gasteiger partial charge in [0.1, 0.15) is 23.7 Å². The second kappa shape index (κ2) is 10.5. The number of aliphatic hydroxyl groups excluding tert-OH is 1. The Morgan fingerprint density at radius 3 is 2.90 bits per heavy atom. The SMILES string of the molecule is CCc1nn(Cc2cccc(C)n2)c2cccc(NC(=O)c3cnc4cc(OC[C@H]5NCC[C@@H]5O)ccn34)c12. The molecule has 1 saturated heterocycles. The molecule has 0 saturated carbocycles. The van der Waals surface area contributed by atoms with E-state index in [1.807, 2.05) is 48.0 Å². The van der Waals surface area contributed by atoms with Crippen LogP contribution in [0.3, 0.4) is 0 Å². The number of fused-ring (bicyclic) bond motifs is 2. The summed E-state index contributed by atoms with van der Waals surface area (Å²) in [4.78, 5) is 22.5. The molecule has 2 atom stereocenters. The van der Waals surface area contributed by atoms with Crippen LogP contribution in [-0.4, -0.2) is 60.5 Å². The van der Waals surface area contributed by atoms with Crippen molar-refractivity contribution >= 4 is 28.1 Å². The first-order valence-electron chi connectivity index (χ1n) is 13.2. The van der Waals surface area contributed by atoms with Crippen molar-refractivity contribution in [1.82, 2.24) is 29.5 Å². The third-order valence-electron chi connectivity index (χ3n) is 7.15. The molecule has 3 N–H and O–H groups in total. The number of carbonyl (C=O) groups is 1. The van der Waals surface area contributed by atoms with E-state index in [0.717, 1.165) is 47.4 Å². The van der Waals surface area contributed by atoms with Gasteiger partial charge in [0.25, 0.3) is 5.91 Å². The maximum atomic E-state index is 13.4. The van der Waals surface area contributed by atoms with Crippen LogP contribution in [0.15, 0.2) is 60.9 Å². The van der Waals surface area contributed by atoms with Gasteiger partial charge in [0.05, 0.1) is 47.5 Å². The minimum atomic E-state index is -0.403. The standard InChI is InChI=1S/C29H31N7O3/c1-3-21-28-22(8-5-9-24(28)36(34-21)16-19-7-4-6-18(2)32-19)33-29(38)25-15-31-27-14-20(11-13-35(25)27)39-17-23-26(37)10-12-30-23/h4-9,11,13-15,23,26,30,37H,3,10,12,16-17H2,1-2H3,(H,33,38)/t23-,26+/m1/s1. The number of aliphatic hydroxyl groups is 1. The van der Waals surface area contributed by atoms with Crippen LogP contribution in [0.1, 0.15) is 40.9 Å². The van der Waals surface area contributed by atoms with E-state index in [1.54, 1.807) is 28.9 Å². The fourth-order valence-corrected chi connectivity index (χ4v) is 5.14. The maximum Gasteiger partial charge on any atom is 0.274 e. The summed E-state index contributed by atoms with van der Waals surface area (Å²) in [6.45, 7) is 5.73. The van der Waals surface area contributed by atoms with Crippen molar-refractivity contribution in [1.29, 1.82) is 0 Å². The number of anilines is 1. The first-order valence-corrected chi connectivity index (χ1v) is 13.2. The van der Waals surface area contributed by atoms with Gasteiger partial charge in [-0.3, -0.25) is 18.9 Å². The van der Waals surface area contributed by atoms with Crippen molar-refractivity contribution < 1.29 is 14.6 Å². The van der Waals surface area contributed by atoms with Crippen LogP contribution in [0.2, 0.25) is 0 Å². The van der Waals surface area contributed by atoms with Crippen molar-refractivity contribution in [3.63, 3.8) is 0 Å². The van der Waals surface area contributed by atoms with Gasteiger partial charge in [0, 0.05) is 23.3 Å². The van der Waals surface area contributed by atoms with Crippen molar-refractivity contribution in [2.24, 2.45) is 0 Å². The van der Waals surface area contributed by atoms with Crippen molar-refractivity contribution in [2.75, 3.05) is 18.5 Å². The Labute approximate surface area is 225 Å². The number of carbonyl (C=O) groups excluding carboxylic acids is 1. The third-order valence-corrected chi connectivity index (χ3v) is 7.15. The van der Waals surface area contributed by atoms with E-state index in [0.29, 0.717) is 35.9 Å². The predicted octanol–water partition coefficient (Wildman–Crippen LogP) is 3.35. The molecule has 1 amide bonds. The van der Waals surface area contributed by atoms with Gasteiger partial charge in [-0.05, 0) is 56.6 Å². The molecule has 5 heterocycles. The molecule has 1 aliphatic rings. The molecule has 0 radical (unpaired) electrons. The monoisotopic (exact) mass is 525 g/mol. The molecule has 39 heavy (non-hydrogen) atoms. The van der Waals surface area contributed by atoms with E-state index < -0.39 is 6.10 Å². The lowest BCUT2D eigenvalue weighted by atomic mass is 10.1. The van der Waals surface area contributed by atoms with Gasteiger partial charge in [-0.1, -0.05) is 19.1 Å². The summed E-state index contributed by atoms with van der Waals surface area (Å²) in [5.41, 5.74) is 5.46. The summed E-state index contributed by atoms with van der Waals surface area (Å²) in [5.74, 6) is 0.367. The van der Waals surface area contributed by atoms with Gasteiger partial charge >= 0.3 is 0 Å². The van der Waals surface area contributed by atoms with Gasteiger partial charge < -0.3 is 20.5 Å². The smallest absolute Gasteiger partial charge is 0.274 e. The number of aryl methyl sites for hydroxylation is 2. The van der Waals surface area contributed by atoms with Crippen molar-refractivity contribution in [2.45, 2.75) is 45.4 Å². The summed E-state index contributed by atoms with van der Waals surface area (Å²) in [6, 6.07) is 15.3. The van der Waals surface area contributed by atoms with Gasteiger partial charge in [-0.25, -0.2) is 4.98 Å². The molecule has 0 unspecified atom stereocenters. The maximum absolute atomic E-state index is 13.4. The quantitative estimate of drug-likeness (QED) is 0.284. The zero-order valence-corrected chi connectivity index (χ0v) is 22.0. The largest absolute Gasteiger partial charge is 0.492 e. The molecule has 0 bridgehead atoms. The number of hydrogen-bond acceptors (Lipinski definition) is 7. The lowest BCUT2D eigenvalue weighted by Crippen LogP contribution is -2.36. The number of pyridine rings is 2. The molecule has 10 heteroatoms. The molecular weight excluding hydrogens is 494 g/mol. The van der Waals surface area contributed by atoms with Gasteiger partial charge in [-0.2, -0.15) is 5.10 Å². The topological polar surface area (TPSA) is 119 Å². The summed E-state index contributed by atoms with van der Waals surface area (Å²) in [6.07, 6.45) is 4.38. The summed E-state index contributed by atoms with van der Waals surface area (Å²) < 4.78 is 9.55. The molecule has 5 aromatic rings. The van der Waals surface area contributed by atoms with E-state index in [-0.39, 0.29) is 11.9 Å². The fraction of sp³-hybridized carbons (Fsp3) is 0.310. The minimum Gasteiger partial charge on any atom is -0.492 e. The molecule has 4 aromatic heterocycles. The number of aromatic nitrogens is 5. The first-order chi connectivity index (χ1) is 19.0. The highest BCUT2D eigenvalue weighted by Gasteiger charge is 2.25. The second-order valence-electron chi connectivity index (χ2n) is 9.84. The Morgan fingerprint density at radius 1 is 1.23 bits per heavy atom. The molecule has 1 fully saturated rings. The molecule has 10 nitrogen and oxygen atoms in total. The Morgan fingerprint density at radius 2 is 2.10 bits per heavy atom. The second-order valence-corrected chi connectivity index (χ2v) is 9.84. The zero-order valence-electron chi connectivity index (χ0n) is 22.0. The Hall–Kier alpha value is -4.28. The summed E-state index contributed by atoms with van der Waals surface area (Å²) >= 11 is 0. The van der Waals surface area contributed by atoms with Crippen LogP contribution in [0.25, 0.3) is 16.6 Å². The average molecular weight is 526 g/mol. The Balaban J connectivity index is 1.24. The van der Waals surface area contributed by atoms with Crippen LogP contribution >= 0.6 is 0 Å². The Kier molecular flexibility index (Phi) is 6.72. The molecule has 6 rings (SSSR count). The predicted molar refractivity (Wildman–Crippen MR) is 148 cm³/mol. The molecule has 1 aliphatic heterocycles. The molecule has 200 valence electrons. The van der Waals surface area contributed by atoms with Crippen molar-refractivity contribution in [3.8, 4) is 5.75 Å². The highest BCUT2D eigenvalue weighted by molar-refractivity contribution is 6.08. The van der Waals surface area contributed by atoms with E-state index >= 15 is 0 Å². The number of benzene rings is 1. The summed E-state index contributed by atoms with van der Waals surface area (Å²) in [7, 11) is 0. The van der Waals surface area contributed by atoms with Crippen molar-refractivity contribution in [3.05, 3.63) is 83.7 Å². The van der Waals surface area contributed by atoms with E-state index in [2.05, 4.69) is 27.5 Å². The van der Waals surface area contributed by atoms with E-state index in [9.17, 15) is 9.90 Å². The van der Waals surface area contributed by atoms with Crippen LogP contribution < -0.4 is 15.4 Å². The Bertz CT molecular complexity index is 1660. The number of amides is 1. The first kappa shape index (κ1) is 25.0. The van der Waals surface area contributed by atoms with Gasteiger partial charge in [0.2, 0.25) is 0 Å². The van der Waals surface area contributed by atoms with Gasteiger partial charge in [-0.15, -0.1) is 0 Å². The van der Waals surface area contributed by atoms with E-state index in [1.165, 1.54) is 0 Å². The molecule has 0 aliphatic carbocycles. The highest BCUT2D eigenvalue weighted by Crippen LogP contribution is 2.29. The lowest BCUT2D eigenvalue weighted by molar-refractivity contribution is 0.102. The normalized spacial score (nSPS) is 17.2. The third kappa shape index (κ3) is 4.96. The number of ether oxygens (including phenoxy) is 1. The zero-order chi connectivity index (χ0) is 26.9. The van der Waals surface area contributed by atoms with Crippen LogP contribution in [0.5, 0.6) is 5.75 Å². The number of imidazole rings is 1. The number of nitrogens with one attached hydrogen (secondary N) is 2. The van der Waals surface area contributed by atoms with Gasteiger partial charge in [0.15, 0.2) is 0 Å². The minimum absolute atomic E-state index is 0.0875. The number of rotatable bonds is 8.